The molecule has 21 heavy (non-hydrogen) atoms. The lowest BCUT2D eigenvalue weighted by molar-refractivity contribution is -0.128. The van der Waals surface area contributed by atoms with Crippen LogP contribution in [0.1, 0.15) is 13.8 Å². The van der Waals surface area contributed by atoms with Gasteiger partial charge in [0.05, 0.1) is 0 Å². The predicted octanol–water partition coefficient (Wildman–Crippen LogP) is 3.27. The standard InChI is InChI=1S/C16H16O4Si/c1-4-16(17)18-14-7-5-13-10-15(8-6-12(13)9-14)20-21-19-11(2)3/h4-11H,1H2,2-3H3. The molecule has 5 heteroatoms. The lowest BCUT2D eigenvalue weighted by Crippen LogP contribution is -2.13. The summed E-state index contributed by atoms with van der Waals surface area (Å²) < 4.78 is 16.0. The minimum absolute atomic E-state index is 0.0251. The molecule has 0 amide bonds. The fourth-order valence-electron chi connectivity index (χ4n) is 1.66. The van der Waals surface area contributed by atoms with Crippen LogP contribution in [0.5, 0.6) is 11.5 Å². The molecule has 0 fully saturated rings. The maximum atomic E-state index is 11.2. The highest BCUT2D eigenvalue weighted by atomic mass is 28.3. The van der Waals surface area contributed by atoms with Gasteiger partial charge in [-0.1, -0.05) is 18.7 Å². The van der Waals surface area contributed by atoms with Gasteiger partial charge < -0.3 is 13.6 Å². The minimum atomic E-state index is -0.471. The Morgan fingerprint density at radius 2 is 1.76 bits per heavy atom. The van der Waals surface area contributed by atoms with E-state index in [4.69, 9.17) is 13.6 Å². The van der Waals surface area contributed by atoms with Crippen molar-refractivity contribution in [1.29, 1.82) is 0 Å². The van der Waals surface area contributed by atoms with Crippen LogP contribution < -0.4 is 9.16 Å². The number of benzene rings is 2. The second-order valence-corrected chi connectivity index (χ2v) is 5.25. The summed E-state index contributed by atoms with van der Waals surface area (Å²) in [5, 5.41) is 1.96. The quantitative estimate of drug-likeness (QED) is 0.355. The average molecular weight is 300 g/mol. The van der Waals surface area contributed by atoms with Gasteiger partial charge in [-0.05, 0) is 48.9 Å². The zero-order valence-corrected chi connectivity index (χ0v) is 13.0. The van der Waals surface area contributed by atoms with Crippen LogP contribution in [0.15, 0.2) is 49.1 Å². The molecule has 4 nitrogen and oxygen atoms in total. The maximum absolute atomic E-state index is 11.2. The van der Waals surface area contributed by atoms with E-state index < -0.39 is 5.97 Å². The van der Waals surface area contributed by atoms with Crippen molar-refractivity contribution in [2.45, 2.75) is 20.0 Å². The summed E-state index contributed by atoms with van der Waals surface area (Å²) in [5.74, 6) is 0.768. The van der Waals surface area contributed by atoms with E-state index in [1.54, 1.807) is 12.1 Å². The molecule has 0 saturated heterocycles. The van der Waals surface area contributed by atoms with Crippen molar-refractivity contribution in [2.75, 3.05) is 0 Å². The first-order valence-electron chi connectivity index (χ1n) is 6.54. The third kappa shape index (κ3) is 4.44. The van der Waals surface area contributed by atoms with E-state index in [0.29, 0.717) is 5.75 Å². The lowest BCUT2D eigenvalue weighted by atomic mass is 10.1. The molecule has 2 aromatic rings. The van der Waals surface area contributed by atoms with Gasteiger partial charge in [-0.25, -0.2) is 4.79 Å². The molecule has 0 saturated carbocycles. The average Bonchev–Trinajstić information content (AvgIpc) is 2.46. The van der Waals surface area contributed by atoms with Gasteiger partial charge in [0.1, 0.15) is 11.5 Å². The molecule has 0 aliphatic carbocycles. The molecule has 0 atom stereocenters. The van der Waals surface area contributed by atoms with Crippen molar-refractivity contribution in [3.05, 3.63) is 49.1 Å². The summed E-state index contributed by atoms with van der Waals surface area (Å²) in [6.45, 7) is 7.29. The number of hydrogen-bond donors (Lipinski definition) is 0. The van der Waals surface area contributed by atoms with Gasteiger partial charge in [-0.15, -0.1) is 0 Å². The van der Waals surface area contributed by atoms with Crippen LogP contribution in [-0.2, 0) is 9.22 Å². The van der Waals surface area contributed by atoms with Crippen molar-refractivity contribution in [2.24, 2.45) is 0 Å². The zero-order chi connectivity index (χ0) is 15.2. The highest BCUT2D eigenvalue weighted by Crippen LogP contribution is 2.25. The van der Waals surface area contributed by atoms with Crippen molar-refractivity contribution in [3.8, 4) is 11.5 Å². The highest BCUT2D eigenvalue weighted by molar-refractivity contribution is 6.19. The summed E-state index contributed by atoms with van der Waals surface area (Å²) in [6.07, 6.45) is 1.28. The highest BCUT2D eigenvalue weighted by Gasteiger charge is 2.04. The van der Waals surface area contributed by atoms with Crippen molar-refractivity contribution in [1.82, 2.24) is 0 Å². The SMILES string of the molecule is C=CC(=O)Oc1ccc2cc(O[Si]OC(C)C)ccc2c1. The summed E-state index contributed by atoms with van der Waals surface area (Å²) in [5.41, 5.74) is 0. The van der Waals surface area contributed by atoms with Crippen LogP contribution in [0.2, 0.25) is 0 Å². The second kappa shape index (κ2) is 7.06. The Bertz CT molecular complexity index is 652. The number of rotatable bonds is 6. The molecule has 2 aromatic carbocycles. The first kappa shape index (κ1) is 15.3. The number of carbonyl (C=O) groups is 1. The van der Waals surface area contributed by atoms with E-state index in [9.17, 15) is 4.79 Å². The molecule has 2 radical (unpaired) electrons. The predicted molar refractivity (Wildman–Crippen MR) is 82.4 cm³/mol. The molecule has 0 bridgehead atoms. The van der Waals surface area contributed by atoms with Crippen LogP contribution in [0, 0.1) is 0 Å². The molecular formula is C16H16O4Si. The van der Waals surface area contributed by atoms with Crippen LogP contribution in [0.4, 0.5) is 0 Å². The molecular weight excluding hydrogens is 284 g/mol. The fourth-order valence-corrected chi connectivity index (χ4v) is 2.12. The number of hydrogen-bond acceptors (Lipinski definition) is 4. The first-order chi connectivity index (χ1) is 10.1. The Morgan fingerprint density at radius 3 is 2.38 bits per heavy atom. The van der Waals surface area contributed by atoms with E-state index in [-0.39, 0.29) is 16.1 Å². The summed E-state index contributed by atoms with van der Waals surface area (Å²) in [7, 11) is -0.0251. The molecule has 0 aliphatic rings. The summed E-state index contributed by atoms with van der Waals surface area (Å²) >= 11 is 0. The van der Waals surface area contributed by atoms with Crippen LogP contribution >= 0.6 is 0 Å². The van der Waals surface area contributed by atoms with Crippen molar-refractivity contribution < 1.29 is 18.4 Å². The molecule has 0 spiro atoms. The largest absolute Gasteiger partial charge is 0.521 e. The fraction of sp³-hybridized carbons (Fsp3) is 0.188. The van der Waals surface area contributed by atoms with Gasteiger partial charge in [0.2, 0.25) is 0 Å². The minimum Gasteiger partial charge on any atom is -0.517 e. The monoisotopic (exact) mass is 300 g/mol. The van der Waals surface area contributed by atoms with Crippen LogP contribution in [0.3, 0.4) is 0 Å². The van der Waals surface area contributed by atoms with Gasteiger partial charge in [0.25, 0.3) is 0 Å². The van der Waals surface area contributed by atoms with Gasteiger partial charge in [0.15, 0.2) is 0 Å². The zero-order valence-electron chi connectivity index (χ0n) is 12.0. The van der Waals surface area contributed by atoms with Gasteiger partial charge in [-0.3, -0.25) is 0 Å². The molecule has 0 heterocycles. The van der Waals surface area contributed by atoms with Crippen LogP contribution in [-0.4, -0.2) is 22.1 Å². The summed E-state index contributed by atoms with van der Waals surface area (Å²) in [6, 6.07) is 11.1. The van der Waals surface area contributed by atoms with Crippen molar-refractivity contribution in [3.63, 3.8) is 0 Å². The molecule has 0 N–H and O–H groups in total. The van der Waals surface area contributed by atoms with E-state index in [0.717, 1.165) is 22.6 Å². The smallest absolute Gasteiger partial charge is 0.517 e. The number of esters is 1. The third-order valence-corrected chi connectivity index (χ3v) is 3.50. The Labute approximate surface area is 126 Å². The van der Waals surface area contributed by atoms with Gasteiger partial charge >= 0.3 is 16.0 Å². The third-order valence-electron chi connectivity index (χ3n) is 2.61. The first-order valence-corrected chi connectivity index (χ1v) is 7.35. The second-order valence-electron chi connectivity index (χ2n) is 4.65. The van der Waals surface area contributed by atoms with E-state index >= 15 is 0 Å². The molecule has 0 aliphatic heterocycles. The molecule has 0 aromatic heterocycles. The number of ether oxygens (including phenoxy) is 1. The topological polar surface area (TPSA) is 44.8 Å². The Balaban J connectivity index is 2.11. The van der Waals surface area contributed by atoms with E-state index in [2.05, 4.69) is 6.58 Å². The normalized spacial score (nSPS) is 10.6. The Hall–Kier alpha value is -2.11. The van der Waals surface area contributed by atoms with Crippen molar-refractivity contribution >= 4 is 26.7 Å². The summed E-state index contributed by atoms with van der Waals surface area (Å²) in [4.78, 5) is 11.2. The number of carbonyl (C=O) groups excluding carboxylic acids is 1. The molecule has 0 unspecified atom stereocenters. The van der Waals surface area contributed by atoms with Gasteiger partial charge in [0, 0.05) is 12.2 Å². The van der Waals surface area contributed by atoms with E-state index in [1.165, 1.54) is 0 Å². The molecule has 108 valence electrons. The Morgan fingerprint density at radius 1 is 1.14 bits per heavy atom. The lowest BCUT2D eigenvalue weighted by Gasteiger charge is -2.09. The number of fused-ring (bicyclic) bond motifs is 1. The van der Waals surface area contributed by atoms with Crippen LogP contribution in [0.25, 0.3) is 10.8 Å². The maximum Gasteiger partial charge on any atom is 0.521 e. The van der Waals surface area contributed by atoms with E-state index in [1.807, 2.05) is 38.1 Å². The molecule has 2 rings (SSSR count). The Kier molecular flexibility index (Phi) is 5.13. The van der Waals surface area contributed by atoms with Gasteiger partial charge in [-0.2, -0.15) is 0 Å².